The van der Waals surface area contributed by atoms with E-state index in [9.17, 15) is 23.1 Å². The van der Waals surface area contributed by atoms with Gasteiger partial charge >= 0.3 is 5.92 Å². The molecule has 0 bridgehead atoms. The van der Waals surface area contributed by atoms with Crippen LogP contribution in [-0.4, -0.2) is 54.2 Å². The summed E-state index contributed by atoms with van der Waals surface area (Å²) >= 11 is 0. The minimum atomic E-state index is -4.11. The van der Waals surface area contributed by atoms with Crippen LogP contribution >= 0.6 is 0 Å². The highest BCUT2D eigenvalue weighted by atomic mass is 19.3. The third-order valence-electron chi connectivity index (χ3n) is 3.33. The topological polar surface area (TPSA) is 139 Å². The number of nitrogen functional groups attached to an aromatic ring is 1. The third-order valence-corrected chi connectivity index (χ3v) is 3.33. The number of aromatic nitrogens is 4. The van der Waals surface area contributed by atoms with Gasteiger partial charge in [0.2, 0.25) is 12.2 Å². The SMILES string of the molecule is Nc1nc2c(ncn2[C@@H]2O[C@](F)(CO)[C@@H](O)C2(F)F)c(=O)[nH]1. The van der Waals surface area contributed by atoms with Crippen LogP contribution in [0.1, 0.15) is 6.23 Å². The molecule has 3 rings (SSSR count). The Hall–Kier alpha value is -2.18. The van der Waals surface area contributed by atoms with Gasteiger partial charge in [0.1, 0.15) is 6.61 Å². The number of alkyl halides is 3. The van der Waals surface area contributed by atoms with Crippen LogP contribution in [0.5, 0.6) is 0 Å². The number of nitrogens with zero attached hydrogens (tertiary/aromatic N) is 3. The zero-order valence-electron chi connectivity index (χ0n) is 10.7. The van der Waals surface area contributed by atoms with Crippen LogP contribution in [0.25, 0.3) is 11.2 Å². The first kappa shape index (κ1) is 14.7. The Balaban J connectivity index is 2.18. The molecule has 0 unspecified atom stereocenters. The number of fused-ring (bicyclic) bond motifs is 1. The Morgan fingerprint density at radius 3 is 2.77 bits per heavy atom. The van der Waals surface area contributed by atoms with Gasteiger partial charge in [-0.05, 0) is 0 Å². The second-order valence-electron chi connectivity index (χ2n) is 4.77. The highest BCUT2D eigenvalue weighted by Crippen LogP contribution is 2.49. The van der Waals surface area contributed by atoms with Crippen LogP contribution in [-0.2, 0) is 4.74 Å². The fourth-order valence-electron chi connectivity index (χ4n) is 2.23. The predicted molar refractivity (Wildman–Crippen MR) is 64.6 cm³/mol. The maximum Gasteiger partial charge on any atom is 0.323 e. The van der Waals surface area contributed by atoms with Gasteiger partial charge in [0.15, 0.2) is 17.3 Å². The predicted octanol–water partition coefficient (Wildman–Crippen LogP) is -1.12. The van der Waals surface area contributed by atoms with Crippen LogP contribution in [0.2, 0.25) is 0 Å². The minimum absolute atomic E-state index is 0.316. The Morgan fingerprint density at radius 1 is 1.50 bits per heavy atom. The number of aromatic amines is 1. The van der Waals surface area contributed by atoms with Crippen molar-refractivity contribution in [3.8, 4) is 0 Å². The fourth-order valence-corrected chi connectivity index (χ4v) is 2.23. The highest BCUT2D eigenvalue weighted by molar-refractivity contribution is 5.70. The van der Waals surface area contributed by atoms with E-state index in [4.69, 9.17) is 10.8 Å². The van der Waals surface area contributed by atoms with E-state index in [0.717, 1.165) is 6.33 Å². The van der Waals surface area contributed by atoms with E-state index in [1.54, 1.807) is 0 Å². The van der Waals surface area contributed by atoms with Crippen LogP contribution in [0.3, 0.4) is 0 Å². The molecule has 1 fully saturated rings. The molecule has 0 spiro atoms. The molecule has 2 aromatic heterocycles. The number of anilines is 1. The second kappa shape index (κ2) is 4.41. The van der Waals surface area contributed by atoms with Gasteiger partial charge in [-0.15, -0.1) is 0 Å². The van der Waals surface area contributed by atoms with Crippen molar-refractivity contribution in [2.45, 2.75) is 24.1 Å². The molecule has 9 nitrogen and oxygen atoms in total. The molecule has 1 aliphatic rings. The number of rotatable bonds is 2. The maximum atomic E-state index is 14.1. The largest absolute Gasteiger partial charge is 0.390 e. The molecular formula is C10H10F3N5O4. The summed E-state index contributed by atoms with van der Waals surface area (Å²) in [5.74, 6) is -7.84. The molecule has 3 atom stereocenters. The van der Waals surface area contributed by atoms with Gasteiger partial charge in [-0.1, -0.05) is 0 Å². The first-order chi connectivity index (χ1) is 10.2. The lowest BCUT2D eigenvalue weighted by Gasteiger charge is -2.20. The van der Waals surface area contributed by atoms with Crippen molar-refractivity contribution in [2.75, 3.05) is 12.3 Å². The van der Waals surface area contributed by atoms with Gasteiger partial charge < -0.3 is 20.7 Å². The van der Waals surface area contributed by atoms with Gasteiger partial charge in [0, 0.05) is 0 Å². The summed E-state index contributed by atoms with van der Waals surface area (Å²) in [6.45, 7) is -1.48. The Bertz CT molecular complexity index is 792. The fraction of sp³-hybridized carbons (Fsp3) is 0.500. The molecule has 1 saturated heterocycles. The van der Waals surface area contributed by atoms with E-state index in [0.29, 0.717) is 4.57 Å². The lowest BCUT2D eigenvalue weighted by atomic mass is 10.1. The van der Waals surface area contributed by atoms with E-state index in [1.807, 2.05) is 0 Å². The summed E-state index contributed by atoms with van der Waals surface area (Å²) in [5.41, 5.74) is 3.85. The van der Waals surface area contributed by atoms with E-state index in [1.165, 1.54) is 0 Å². The van der Waals surface area contributed by atoms with Gasteiger partial charge in [-0.2, -0.15) is 13.8 Å². The quantitative estimate of drug-likeness (QED) is 0.549. The molecule has 22 heavy (non-hydrogen) atoms. The van der Waals surface area contributed by atoms with Gasteiger partial charge in [0.25, 0.3) is 11.4 Å². The van der Waals surface area contributed by atoms with Crippen LogP contribution in [0.4, 0.5) is 19.1 Å². The first-order valence-electron chi connectivity index (χ1n) is 5.96. The van der Waals surface area contributed by atoms with Crippen LogP contribution in [0.15, 0.2) is 11.1 Å². The molecule has 0 saturated carbocycles. The number of nitrogens with one attached hydrogen (secondary N) is 1. The Labute approximate surface area is 119 Å². The van der Waals surface area contributed by atoms with Crippen molar-refractivity contribution >= 4 is 17.1 Å². The molecule has 12 heteroatoms. The lowest BCUT2D eigenvalue weighted by Crippen LogP contribution is -2.45. The van der Waals surface area contributed by atoms with Crippen molar-refractivity contribution < 1.29 is 28.1 Å². The zero-order valence-corrected chi connectivity index (χ0v) is 10.7. The van der Waals surface area contributed by atoms with Crippen LogP contribution in [0, 0.1) is 0 Å². The van der Waals surface area contributed by atoms with Gasteiger partial charge in [-0.25, -0.2) is 9.37 Å². The Kier molecular flexibility index (Phi) is 2.95. The maximum absolute atomic E-state index is 14.1. The van der Waals surface area contributed by atoms with E-state index >= 15 is 0 Å². The molecule has 1 aliphatic heterocycles. The average Bonchev–Trinajstić information content (AvgIpc) is 2.93. The average molecular weight is 321 g/mol. The molecule has 120 valence electrons. The summed E-state index contributed by atoms with van der Waals surface area (Å²) in [6, 6.07) is 0. The summed E-state index contributed by atoms with van der Waals surface area (Å²) in [7, 11) is 0. The first-order valence-corrected chi connectivity index (χ1v) is 5.96. The second-order valence-corrected chi connectivity index (χ2v) is 4.77. The van der Waals surface area contributed by atoms with E-state index < -0.39 is 36.3 Å². The van der Waals surface area contributed by atoms with Crippen molar-refractivity contribution in [3.63, 3.8) is 0 Å². The zero-order chi connectivity index (χ0) is 16.3. The molecule has 5 N–H and O–H groups in total. The van der Waals surface area contributed by atoms with Crippen molar-refractivity contribution in [3.05, 3.63) is 16.7 Å². The summed E-state index contributed by atoms with van der Waals surface area (Å²) in [4.78, 5) is 20.9. The van der Waals surface area contributed by atoms with E-state index in [2.05, 4.69) is 19.7 Å². The number of aliphatic hydroxyl groups is 2. The molecule has 0 aromatic carbocycles. The normalized spacial score (nSPS) is 31.0. The molecule has 2 aromatic rings. The number of H-pyrrole nitrogens is 1. The number of aliphatic hydroxyl groups excluding tert-OH is 2. The van der Waals surface area contributed by atoms with Crippen molar-refractivity contribution in [1.82, 2.24) is 19.5 Å². The summed E-state index contributed by atoms with van der Waals surface area (Å²) in [6.07, 6.45) is -4.49. The number of hydrogen-bond donors (Lipinski definition) is 4. The van der Waals surface area contributed by atoms with E-state index in [-0.39, 0.29) is 17.1 Å². The molecule has 0 amide bonds. The summed E-state index contributed by atoms with van der Waals surface area (Å²) < 4.78 is 47.1. The van der Waals surface area contributed by atoms with Crippen molar-refractivity contribution in [2.24, 2.45) is 0 Å². The minimum Gasteiger partial charge on any atom is -0.390 e. The highest BCUT2D eigenvalue weighted by Gasteiger charge is 2.68. The summed E-state index contributed by atoms with van der Waals surface area (Å²) in [5, 5.41) is 18.2. The molecular weight excluding hydrogens is 311 g/mol. The number of imidazole rings is 1. The third kappa shape index (κ3) is 1.81. The van der Waals surface area contributed by atoms with Gasteiger partial charge in [0.05, 0.1) is 6.33 Å². The molecule has 0 radical (unpaired) electrons. The number of hydrogen-bond acceptors (Lipinski definition) is 7. The standard InChI is InChI=1S/C10H10F3N5O4/c11-9(1-19)6(21)10(12,13)7(22-9)18-2-15-3-4(18)16-8(14)17-5(3)20/h2,6-7,19,21H,1H2,(H3,14,16,17,20)/t6-,7-,9-/m1/s1. The number of nitrogens with two attached hydrogens (primary N) is 1. The monoisotopic (exact) mass is 321 g/mol. The molecule has 0 aliphatic carbocycles. The lowest BCUT2D eigenvalue weighted by molar-refractivity contribution is -0.206. The number of ether oxygens (including phenoxy) is 1. The smallest absolute Gasteiger partial charge is 0.323 e. The molecule has 3 heterocycles. The van der Waals surface area contributed by atoms with Crippen molar-refractivity contribution in [1.29, 1.82) is 0 Å². The number of halogens is 3. The Morgan fingerprint density at radius 2 is 2.18 bits per heavy atom. The van der Waals surface area contributed by atoms with Gasteiger partial charge in [-0.3, -0.25) is 14.3 Å². The van der Waals surface area contributed by atoms with Crippen LogP contribution < -0.4 is 11.3 Å².